The summed E-state index contributed by atoms with van der Waals surface area (Å²) in [5.41, 5.74) is 10.7. The number of aromatic amines is 1. The predicted molar refractivity (Wildman–Crippen MR) is 236 cm³/mol. The fourth-order valence-corrected chi connectivity index (χ4v) is 7.87. The van der Waals surface area contributed by atoms with Crippen LogP contribution in [0.15, 0.2) is 188 Å². The first-order valence-corrected chi connectivity index (χ1v) is 19.2. The van der Waals surface area contributed by atoms with Gasteiger partial charge in [-0.15, -0.1) is 0 Å². The Labute approximate surface area is 330 Å². The van der Waals surface area contributed by atoms with E-state index in [2.05, 4.69) is 149 Å². The molecule has 0 saturated carbocycles. The molecule has 270 valence electrons. The van der Waals surface area contributed by atoms with Crippen LogP contribution in [0.4, 0.5) is 0 Å². The van der Waals surface area contributed by atoms with Gasteiger partial charge < -0.3 is 9.55 Å². The van der Waals surface area contributed by atoms with E-state index in [1.54, 1.807) is 0 Å². The Kier molecular flexibility index (Phi) is 8.65. The average molecular weight is 732 g/mol. The van der Waals surface area contributed by atoms with Crippen LogP contribution in [-0.4, -0.2) is 24.5 Å². The highest BCUT2D eigenvalue weighted by molar-refractivity contribution is 6.10. The Morgan fingerprint density at radius 3 is 1.82 bits per heavy atom. The molecule has 0 bridgehead atoms. The first-order valence-electron chi connectivity index (χ1n) is 19.2. The smallest absolute Gasteiger partial charge is 0.164 e. The second-order valence-corrected chi connectivity index (χ2v) is 14.1. The van der Waals surface area contributed by atoms with Gasteiger partial charge in [0, 0.05) is 54.6 Å². The van der Waals surface area contributed by atoms with Gasteiger partial charge in [0.25, 0.3) is 0 Å². The molecule has 0 saturated heterocycles. The number of hydrogen-bond acceptors (Lipinski definition) is 3. The Hall–Kier alpha value is -7.63. The number of rotatable bonds is 7. The van der Waals surface area contributed by atoms with Crippen LogP contribution in [0.5, 0.6) is 0 Å². The summed E-state index contributed by atoms with van der Waals surface area (Å²) in [6, 6.07) is 61.3. The van der Waals surface area contributed by atoms with Crippen LogP contribution in [0.1, 0.15) is 12.5 Å². The number of nitrogens with zero attached hydrogens (tertiary/aromatic N) is 4. The highest BCUT2D eigenvalue weighted by Crippen LogP contribution is 2.34. The highest BCUT2D eigenvalue weighted by atomic mass is 15.0. The standard InChI is InChI=1S/C52H37N5/c1-2-3-27-45-44(33-35-30-31-48-43(32-35)42-25-13-14-29-47(42)57(48)40-23-11-6-12-24-40)49-41(26-16-28-46(49)53-45)38-21-15-22-39(34-38)52-55-50(36-17-7-4-8-18-36)54-51(56-52)37-19-9-5-10-20-37/h2-34,53H,1H3/b3-2-,44-33?,45-27+. The molecule has 5 heteroatoms. The van der Waals surface area contributed by atoms with Crippen LogP contribution in [0, 0.1) is 0 Å². The van der Waals surface area contributed by atoms with Crippen LogP contribution in [0.25, 0.3) is 95.8 Å². The largest absolute Gasteiger partial charge is 0.354 e. The number of para-hydroxylation sites is 2. The van der Waals surface area contributed by atoms with E-state index in [-0.39, 0.29) is 0 Å². The van der Waals surface area contributed by atoms with Gasteiger partial charge in [0.15, 0.2) is 17.5 Å². The van der Waals surface area contributed by atoms with Crippen molar-refractivity contribution in [1.29, 1.82) is 0 Å². The number of benzene rings is 7. The van der Waals surface area contributed by atoms with Crippen LogP contribution in [0.3, 0.4) is 0 Å². The Bertz CT molecular complexity index is 3170. The topological polar surface area (TPSA) is 59.4 Å². The van der Waals surface area contributed by atoms with Crippen molar-refractivity contribution in [2.24, 2.45) is 0 Å². The molecule has 10 rings (SSSR count). The third kappa shape index (κ3) is 6.31. The summed E-state index contributed by atoms with van der Waals surface area (Å²) < 4.78 is 2.36. The first-order chi connectivity index (χ1) is 28.2. The van der Waals surface area contributed by atoms with Gasteiger partial charge in [0.1, 0.15) is 0 Å². The summed E-state index contributed by atoms with van der Waals surface area (Å²) in [4.78, 5) is 18.7. The second kappa shape index (κ2) is 14.5. The Morgan fingerprint density at radius 1 is 0.509 bits per heavy atom. The van der Waals surface area contributed by atoms with Crippen molar-refractivity contribution < 1.29 is 0 Å². The molecule has 0 radical (unpaired) electrons. The molecule has 0 unspecified atom stereocenters. The average Bonchev–Trinajstić information content (AvgIpc) is 3.81. The molecule has 3 aromatic heterocycles. The summed E-state index contributed by atoms with van der Waals surface area (Å²) >= 11 is 0. The van der Waals surface area contributed by atoms with Crippen molar-refractivity contribution in [2.75, 3.05) is 0 Å². The molecule has 0 aliphatic carbocycles. The van der Waals surface area contributed by atoms with Crippen molar-refractivity contribution in [1.82, 2.24) is 24.5 Å². The molecule has 0 aliphatic heterocycles. The minimum Gasteiger partial charge on any atom is -0.354 e. The van der Waals surface area contributed by atoms with Gasteiger partial charge in [0.05, 0.1) is 11.0 Å². The second-order valence-electron chi connectivity index (χ2n) is 14.1. The molecule has 0 aliphatic rings. The molecule has 7 aromatic carbocycles. The van der Waals surface area contributed by atoms with Gasteiger partial charge in [-0.2, -0.15) is 0 Å². The summed E-state index contributed by atoms with van der Waals surface area (Å²) in [6.07, 6.45) is 8.63. The lowest BCUT2D eigenvalue weighted by Crippen LogP contribution is -2.22. The Balaban J connectivity index is 1.15. The van der Waals surface area contributed by atoms with E-state index < -0.39 is 0 Å². The zero-order valence-electron chi connectivity index (χ0n) is 31.3. The monoisotopic (exact) mass is 731 g/mol. The number of H-pyrrole nitrogens is 1. The lowest BCUT2D eigenvalue weighted by atomic mass is 9.98. The van der Waals surface area contributed by atoms with Gasteiger partial charge in [-0.3, -0.25) is 0 Å². The fraction of sp³-hybridized carbons (Fsp3) is 0.0192. The highest BCUT2D eigenvalue weighted by Gasteiger charge is 2.16. The van der Waals surface area contributed by atoms with E-state index in [9.17, 15) is 0 Å². The SMILES string of the molecule is C/C=C\C=c1\[nH]c2cccc(-c3cccc(-c4nc(-c5ccccc5)nc(-c5ccccc5)n4)c3)c2c1=Cc1ccc2c(c1)c1ccccc1n2-c1ccccc1. The molecular weight excluding hydrogens is 695 g/mol. The number of fused-ring (bicyclic) bond motifs is 4. The van der Waals surface area contributed by atoms with E-state index in [0.717, 1.165) is 60.5 Å². The van der Waals surface area contributed by atoms with Gasteiger partial charge in [-0.25, -0.2) is 15.0 Å². The number of hydrogen-bond donors (Lipinski definition) is 1. The maximum Gasteiger partial charge on any atom is 0.164 e. The third-order valence-electron chi connectivity index (χ3n) is 10.5. The molecule has 10 aromatic rings. The normalized spacial score (nSPS) is 12.4. The minimum absolute atomic E-state index is 0.627. The fourth-order valence-electron chi connectivity index (χ4n) is 7.87. The van der Waals surface area contributed by atoms with Crippen molar-refractivity contribution in [3.8, 4) is 51.0 Å². The van der Waals surface area contributed by atoms with Gasteiger partial charge in [-0.05, 0) is 78.2 Å². The van der Waals surface area contributed by atoms with E-state index in [4.69, 9.17) is 15.0 Å². The molecule has 1 N–H and O–H groups in total. The van der Waals surface area contributed by atoms with E-state index in [0.29, 0.717) is 17.5 Å². The van der Waals surface area contributed by atoms with Crippen LogP contribution < -0.4 is 10.6 Å². The predicted octanol–water partition coefficient (Wildman–Crippen LogP) is 11.3. The molecule has 0 fully saturated rings. The molecule has 57 heavy (non-hydrogen) atoms. The van der Waals surface area contributed by atoms with Crippen LogP contribution >= 0.6 is 0 Å². The van der Waals surface area contributed by atoms with E-state index in [1.165, 1.54) is 21.8 Å². The van der Waals surface area contributed by atoms with Crippen molar-refractivity contribution >= 4 is 44.9 Å². The molecule has 5 nitrogen and oxygen atoms in total. The minimum atomic E-state index is 0.627. The Morgan fingerprint density at radius 2 is 1.11 bits per heavy atom. The van der Waals surface area contributed by atoms with Crippen LogP contribution in [0.2, 0.25) is 0 Å². The lowest BCUT2D eigenvalue weighted by molar-refractivity contribution is 1.07. The van der Waals surface area contributed by atoms with Gasteiger partial charge >= 0.3 is 0 Å². The van der Waals surface area contributed by atoms with Crippen LogP contribution in [-0.2, 0) is 0 Å². The zero-order valence-corrected chi connectivity index (χ0v) is 31.3. The first kappa shape index (κ1) is 33.9. The van der Waals surface area contributed by atoms with Gasteiger partial charge in [0.2, 0.25) is 0 Å². The summed E-state index contributed by atoms with van der Waals surface area (Å²) in [7, 11) is 0. The molecule has 3 heterocycles. The summed E-state index contributed by atoms with van der Waals surface area (Å²) in [5.74, 6) is 1.91. The van der Waals surface area contributed by atoms with Crippen molar-refractivity contribution in [2.45, 2.75) is 6.92 Å². The maximum absolute atomic E-state index is 5.03. The molecule has 0 atom stereocenters. The molecule has 0 spiro atoms. The molecule has 0 amide bonds. The van der Waals surface area contributed by atoms with E-state index >= 15 is 0 Å². The summed E-state index contributed by atoms with van der Waals surface area (Å²) in [6.45, 7) is 2.05. The lowest BCUT2D eigenvalue weighted by Gasteiger charge is -2.10. The third-order valence-corrected chi connectivity index (χ3v) is 10.5. The van der Waals surface area contributed by atoms with Crippen molar-refractivity contribution in [3.63, 3.8) is 0 Å². The number of aromatic nitrogens is 5. The molecular formula is C52H37N5. The quantitative estimate of drug-likeness (QED) is 0.178. The maximum atomic E-state index is 5.03. The zero-order chi connectivity index (χ0) is 38.1. The van der Waals surface area contributed by atoms with Gasteiger partial charge in [-0.1, -0.05) is 146 Å². The summed E-state index contributed by atoms with van der Waals surface area (Å²) in [5, 5.41) is 5.79. The number of nitrogens with one attached hydrogen (secondary N) is 1. The number of allylic oxidation sites excluding steroid dienone is 2. The van der Waals surface area contributed by atoms with E-state index in [1.807, 2.05) is 67.6 Å². The van der Waals surface area contributed by atoms with Crippen molar-refractivity contribution in [3.05, 3.63) is 204 Å².